The summed E-state index contributed by atoms with van der Waals surface area (Å²) in [6, 6.07) is 6.42. The second-order valence-electron chi connectivity index (χ2n) is 4.67. The number of nitrogens with one attached hydrogen (secondary N) is 1. The zero-order chi connectivity index (χ0) is 15.2. The number of guanidine groups is 1. The lowest BCUT2D eigenvalue weighted by molar-refractivity contribution is 0.431. The van der Waals surface area contributed by atoms with Crippen LogP contribution in [0.15, 0.2) is 40.0 Å². The predicted molar refractivity (Wildman–Crippen MR) is 84.0 cm³/mol. The summed E-state index contributed by atoms with van der Waals surface area (Å²) in [7, 11) is 3.66. The van der Waals surface area contributed by atoms with Gasteiger partial charge in [0, 0.05) is 27.2 Å². The van der Waals surface area contributed by atoms with Gasteiger partial charge in [-0.1, -0.05) is 6.07 Å². The highest BCUT2D eigenvalue weighted by molar-refractivity contribution is 7.07. The molecule has 21 heavy (non-hydrogen) atoms. The number of nitrogens with zero attached hydrogens (tertiary/aromatic N) is 2. The Kier molecular flexibility index (Phi) is 5.16. The molecule has 0 atom stereocenters. The number of phenolic OH excluding ortho intramolecular Hbond substituents is 1. The van der Waals surface area contributed by atoms with E-state index in [1.807, 2.05) is 17.3 Å². The molecule has 0 radical (unpaired) electrons. The van der Waals surface area contributed by atoms with Crippen molar-refractivity contribution in [2.24, 2.45) is 4.99 Å². The molecule has 0 aliphatic rings. The highest BCUT2D eigenvalue weighted by Crippen LogP contribution is 2.16. The fraction of sp³-hybridized carbons (Fsp3) is 0.267. The van der Waals surface area contributed by atoms with E-state index in [0.29, 0.717) is 6.54 Å². The van der Waals surface area contributed by atoms with Gasteiger partial charge in [0.15, 0.2) is 17.5 Å². The normalized spacial score (nSPS) is 11.5. The first-order valence-corrected chi connectivity index (χ1v) is 7.44. The third-order valence-corrected chi connectivity index (χ3v) is 3.77. The van der Waals surface area contributed by atoms with Gasteiger partial charge in [-0.2, -0.15) is 11.3 Å². The van der Waals surface area contributed by atoms with Crippen LogP contribution >= 0.6 is 11.3 Å². The van der Waals surface area contributed by atoms with E-state index in [9.17, 15) is 9.50 Å². The minimum atomic E-state index is -0.615. The molecule has 0 amide bonds. The molecule has 4 nitrogen and oxygen atoms in total. The second kappa shape index (κ2) is 7.08. The Morgan fingerprint density at radius 3 is 2.81 bits per heavy atom. The van der Waals surface area contributed by atoms with Crippen LogP contribution in [0.5, 0.6) is 5.75 Å². The Morgan fingerprint density at radius 1 is 1.38 bits per heavy atom. The molecule has 6 heteroatoms. The molecule has 1 heterocycles. The van der Waals surface area contributed by atoms with Crippen molar-refractivity contribution in [1.29, 1.82) is 0 Å². The van der Waals surface area contributed by atoms with E-state index < -0.39 is 5.82 Å². The van der Waals surface area contributed by atoms with Gasteiger partial charge in [-0.25, -0.2) is 4.39 Å². The van der Waals surface area contributed by atoms with Gasteiger partial charge in [-0.05, 0) is 40.1 Å². The quantitative estimate of drug-likeness (QED) is 0.674. The molecule has 0 saturated carbocycles. The maximum atomic E-state index is 13.3. The fourth-order valence-corrected chi connectivity index (χ4v) is 2.62. The first-order chi connectivity index (χ1) is 10.1. The van der Waals surface area contributed by atoms with Crippen LogP contribution in [0.4, 0.5) is 4.39 Å². The van der Waals surface area contributed by atoms with Gasteiger partial charge >= 0.3 is 0 Å². The van der Waals surface area contributed by atoms with Crippen LogP contribution in [0.2, 0.25) is 0 Å². The van der Waals surface area contributed by atoms with Gasteiger partial charge < -0.3 is 15.3 Å². The van der Waals surface area contributed by atoms with Crippen LogP contribution < -0.4 is 5.32 Å². The van der Waals surface area contributed by atoms with Crippen molar-refractivity contribution in [3.63, 3.8) is 0 Å². The number of hydrogen-bond acceptors (Lipinski definition) is 3. The predicted octanol–water partition coefficient (Wildman–Crippen LogP) is 2.80. The third-order valence-electron chi connectivity index (χ3n) is 3.04. The van der Waals surface area contributed by atoms with Crippen LogP contribution in [-0.4, -0.2) is 30.1 Å². The largest absolute Gasteiger partial charge is 0.505 e. The van der Waals surface area contributed by atoms with Gasteiger partial charge in [0.2, 0.25) is 0 Å². The average molecular weight is 307 g/mol. The molecule has 0 fully saturated rings. The topological polar surface area (TPSA) is 47.9 Å². The Hall–Kier alpha value is -2.08. The zero-order valence-electron chi connectivity index (χ0n) is 12.0. The highest BCUT2D eigenvalue weighted by Gasteiger charge is 2.08. The summed E-state index contributed by atoms with van der Waals surface area (Å²) < 4.78 is 13.3. The van der Waals surface area contributed by atoms with Crippen molar-refractivity contribution in [3.05, 3.63) is 52.0 Å². The van der Waals surface area contributed by atoms with Crippen molar-refractivity contribution in [1.82, 2.24) is 10.2 Å². The highest BCUT2D eigenvalue weighted by atomic mass is 32.1. The number of phenols is 1. The molecule has 112 valence electrons. The molecule has 0 saturated heterocycles. The number of benzene rings is 1. The number of aromatic hydroxyl groups is 1. The van der Waals surface area contributed by atoms with Gasteiger partial charge in [0.05, 0.1) is 0 Å². The molecule has 1 aromatic heterocycles. The van der Waals surface area contributed by atoms with E-state index in [0.717, 1.165) is 18.1 Å². The van der Waals surface area contributed by atoms with Gasteiger partial charge in [-0.3, -0.25) is 4.99 Å². The summed E-state index contributed by atoms with van der Waals surface area (Å²) in [5.41, 5.74) is 1.97. The minimum Gasteiger partial charge on any atom is -0.505 e. The molecule has 2 rings (SSSR count). The first-order valence-electron chi connectivity index (χ1n) is 6.50. The molecular weight excluding hydrogens is 289 g/mol. The van der Waals surface area contributed by atoms with Gasteiger partial charge in [-0.15, -0.1) is 0 Å². The number of thiophene rings is 1. The summed E-state index contributed by atoms with van der Waals surface area (Å²) in [6.07, 6.45) is 0. The van der Waals surface area contributed by atoms with Crippen molar-refractivity contribution in [2.45, 2.75) is 13.1 Å². The number of hydrogen-bond donors (Lipinski definition) is 2. The molecule has 0 aliphatic heterocycles. The maximum Gasteiger partial charge on any atom is 0.193 e. The molecule has 2 aromatic rings. The van der Waals surface area contributed by atoms with Crippen LogP contribution in [0.3, 0.4) is 0 Å². The minimum absolute atomic E-state index is 0.335. The van der Waals surface area contributed by atoms with E-state index in [4.69, 9.17) is 0 Å². The van der Waals surface area contributed by atoms with E-state index in [1.54, 1.807) is 24.5 Å². The second-order valence-corrected chi connectivity index (χ2v) is 5.45. The summed E-state index contributed by atoms with van der Waals surface area (Å²) in [4.78, 5) is 6.21. The summed E-state index contributed by atoms with van der Waals surface area (Å²) in [6.45, 7) is 1.20. The number of halogens is 1. The fourth-order valence-electron chi connectivity index (χ4n) is 1.96. The smallest absolute Gasteiger partial charge is 0.193 e. The monoisotopic (exact) mass is 307 g/mol. The Bertz CT molecular complexity index is 613. The standard InChI is InChI=1S/C15H18FN3OS/c1-17-15(19(2)9-12-5-6-21-10-12)18-8-11-3-4-14(20)13(16)7-11/h3-7,10,20H,8-9H2,1-2H3,(H,17,18). The third kappa shape index (κ3) is 4.19. The Labute approximate surface area is 127 Å². The van der Waals surface area contributed by atoms with Gasteiger partial charge in [0.25, 0.3) is 0 Å². The lowest BCUT2D eigenvalue weighted by Gasteiger charge is -2.21. The molecule has 0 spiro atoms. The van der Waals surface area contributed by atoms with Crippen molar-refractivity contribution in [2.75, 3.05) is 14.1 Å². The zero-order valence-corrected chi connectivity index (χ0v) is 12.8. The summed E-state index contributed by atoms with van der Waals surface area (Å²) in [5.74, 6) is -0.219. The Balaban J connectivity index is 1.94. The Morgan fingerprint density at radius 2 is 2.19 bits per heavy atom. The molecule has 0 unspecified atom stereocenters. The van der Waals surface area contributed by atoms with Crippen LogP contribution in [0.1, 0.15) is 11.1 Å². The van der Waals surface area contributed by atoms with E-state index >= 15 is 0 Å². The van der Waals surface area contributed by atoms with Crippen molar-refractivity contribution in [3.8, 4) is 5.75 Å². The lowest BCUT2D eigenvalue weighted by Crippen LogP contribution is -2.37. The molecule has 0 aliphatic carbocycles. The molecule has 1 aromatic carbocycles. The average Bonchev–Trinajstić information content (AvgIpc) is 2.96. The molecule has 2 N–H and O–H groups in total. The lowest BCUT2D eigenvalue weighted by atomic mass is 10.2. The van der Waals surface area contributed by atoms with Crippen LogP contribution in [0, 0.1) is 5.82 Å². The van der Waals surface area contributed by atoms with Crippen molar-refractivity contribution >= 4 is 17.3 Å². The SMILES string of the molecule is CN=C(NCc1ccc(O)c(F)c1)N(C)Cc1ccsc1. The van der Waals surface area contributed by atoms with Crippen LogP contribution in [-0.2, 0) is 13.1 Å². The summed E-state index contributed by atoms with van der Waals surface area (Å²) >= 11 is 1.66. The maximum absolute atomic E-state index is 13.3. The number of rotatable bonds is 4. The molecule has 0 bridgehead atoms. The first kappa shape index (κ1) is 15.3. The van der Waals surface area contributed by atoms with E-state index in [2.05, 4.69) is 21.8 Å². The van der Waals surface area contributed by atoms with E-state index in [-0.39, 0.29) is 5.75 Å². The molecular formula is C15H18FN3OS. The summed E-state index contributed by atoms with van der Waals surface area (Å²) in [5, 5.41) is 16.5. The van der Waals surface area contributed by atoms with E-state index in [1.165, 1.54) is 17.7 Å². The van der Waals surface area contributed by atoms with Crippen molar-refractivity contribution < 1.29 is 9.50 Å². The van der Waals surface area contributed by atoms with Gasteiger partial charge in [0.1, 0.15) is 0 Å². The van der Waals surface area contributed by atoms with Crippen LogP contribution in [0.25, 0.3) is 0 Å². The number of aliphatic imine (C=N–C) groups is 1.